The average molecular weight is 254 g/mol. The molecule has 0 spiro atoms. The van der Waals surface area contributed by atoms with Crippen molar-refractivity contribution in [3.8, 4) is 0 Å². The van der Waals surface area contributed by atoms with Crippen LogP contribution in [0, 0.1) is 11.8 Å². The summed E-state index contributed by atoms with van der Waals surface area (Å²) in [5, 5.41) is 0. The predicted octanol–water partition coefficient (Wildman–Crippen LogP) is 2.45. The van der Waals surface area contributed by atoms with Gasteiger partial charge in [0.05, 0.1) is 18.9 Å². The minimum absolute atomic E-state index is 0.0812. The normalized spacial score (nSPS) is 28.9. The number of ether oxygens (including phenoxy) is 2. The van der Waals surface area contributed by atoms with E-state index in [-0.39, 0.29) is 29.9 Å². The third kappa shape index (κ3) is 3.03. The van der Waals surface area contributed by atoms with Gasteiger partial charge in [0.15, 0.2) is 0 Å². The molecule has 0 saturated heterocycles. The van der Waals surface area contributed by atoms with Crippen LogP contribution in [0.3, 0.4) is 0 Å². The van der Waals surface area contributed by atoms with Crippen LogP contribution in [0.15, 0.2) is 0 Å². The Morgan fingerprint density at radius 2 is 1.33 bits per heavy atom. The molecule has 0 amide bonds. The lowest BCUT2D eigenvalue weighted by molar-refractivity contribution is -0.164. The molecule has 0 aromatic carbocycles. The highest BCUT2D eigenvalue weighted by atomic mass is 16.5. The van der Waals surface area contributed by atoms with Crippen LogP contribution in [0.4, 0.5) is 0 Å². The summed E-state index contributed by atoms with van der Waals surface area (Å²) < 4.78 is 10.3. The summed E-state index contributed by atoms with van der Waals surface area (Å²) >= 11 is 0. The fraction of sp³-hybridized carbons (Fsp3) is 0.857. The highest BCUT2D eigenvalue weighted by Crippen LogP contribution is 2.33. The van der Waals surface area contributed by atoms with Gasteiger partial charge in [-0.25, -0.2) is 0 Å². The first-order chi connectivity index (χ1) is 8.72. The lowest BCUT2D eigenvalue weighted by Gasteiger charge is -2.28. The summed E-state index contributed by atoms with van der Waals surface area (Å²) in [7, 11) is 1.39. The molecular weight excluding hydrogens is 232 g/mol. The third-order valence-electron chi connectivity index (χ3n) is 4.16. The van der Waals surface area contributed by atoms with Gasteiger partial charge in [-0.3, -0.25) is 9.59 Å². The zero-order valence-electron chi connectivity index (χ0n) is 11.0. The second kappa shape index (κ2) is 6.21. The van der Waals surface area contributed by atoms with E-state index in [0.717, 1.165) is 51.4 Å². The standard InChI is InChI=1S/C14H22O4/c1-17-13(15)11-8-4-5-9-12(11)14(16)18-10-6-2-3-7-10/h10-12H,2-9H2,1H3. The molecule has 0 heterocycles. The summed E-state index contributed by atoms with van der Waals surface area (Å²) in [4.78, 5) is 23.8. The lowest BCUT2D eigenvalue weighted by atomic mass is 9.79. The average Bonchev–Trinajstić information content (AvgIpc) is 2.90. The van der Waals surface area contributed by atoms with Crippen LogP contribution in [0.2, 0.25) is 0 Å². The van der Waals surface area contributed by atoms with Gasteiger partial charge in [0.2, 0.25) is 0 Å². The highest BCUT2D eigenvalue weighted by molar-refractivity contribution is 5.82. The Bertz CT molecular complexity index is 307. The van der Waals surface area contributed by atoms with E-state index in [2.05, 4.69) is 0 Å². The van der Waals surface area contributed by atoms with Crippen LogP contribution in [0.1, 0.15) is 51.4 Å². The Morgan fingerprint density at radius 3 is 1.89 bits per heavy atom. The van der Waals surface area contributed by atoms with E-state index in [1.54, 1.807) is 0 Å². The smallest absolute Gasteiger partial charge is 0.310 e. The molecule has 2 unspecified atom stereocenters. The molecule has 4 nitrogen and oxygen atoms in total. The van der Waals surface area contributed by atoms with Crippen LogP contribution in [-0.4, -0.2) is 25.2 Å². The zero-order chi connectivity index (χ0) is 13.0. The third-order valence-corrected chi connectivity index (χ3v) is 4.16. The molecular formula is C14H22O4. The molecule has 0 radical (unpaired) electrons. The number of esters is 2. The van der Waals surface area contributed by atoms with Crippen LogP contribution < -0.4 is 0 Å². The van der Waals surface area contributed by atoms with E-state index < -0.39 is 0 Å². The van der Waals surface area contributed by atoms with Crippen molar-refractivity contribution in [2.75, 3.05) is 7.11 Å². The fourth-order valence-electron chi connectivity index (χ4n) is 3.10. The van der Waals surface area contributed by atoms with E-state index in [0.29, 0.717) is 0 Å². The van der Waals surface area contributed by atoms with Crippen molar-refractivity contribution < 1.29 is 19.1 Å². The zero-order valence-corrected chi connectivity index (χ0v) is 11.0. The van der Waals surface area contributed by atoms with Crippen molar-refractivity contribution in [2.24, 2.45) is 11.8 Å². The molecule has 2 atom stereocenters. The second-order valence-electron chi connectivity index (χ2n) is 5.36. The minimum Gasteiger partial charge on any atom is -0.469 e. The topological polar surface area (TPSA) is 52.6 Å². The number of carbonyl (C=O) groups excluding carboxylic acids is 2. The molecule has 2 saturated carbocycles. The van der Waals surface area contributed by atoms with E-state index in [9.17, 15) is 9.59 Å². The molecule has 0 aromatic heterocycles. The molecule has 0 aromatic rings. The summed E-state index contributed by atoms with van der Waals surface area (Å²) in [5.41, 5.74) is 0. The Kier molecular flexibility index (Phi) is 4.61. The van der Waals surface area contributed by atoms with Crippen molar-refractivity contribution >= 4 is 11.9 Å². The Morgan fingerprint density at radius 1 is 0.833 bits per heavy atom. The van der Waals surface area contributed by atoms with Gasteiger partial charge in [-0.05, 0) is 38.5 Å². The van der Waals surface area contributed by atoms with Gasteiger partial charge in [0, 0.05) is 0 Å². The highest BCUT2D eigenvalue weighted by Gasteiger charge is 2.38. The van der Waals surface area contributed by atoms with Crippen LogP contribution >= 0.6 is 0 Å². The number of hydrogen-bond donors (Lipinski definition) is 0. The van der Waals surface area contributed by atoms with Crippen molar-refractivity contribution in [1.29, 1.82) is 0 Å². The maximum atomic E-state index is 12.2. The van der Waals surface area contributed by atoms with E-state index in [1.165, 1.54) is 7.11 Å². The quantitative estimate of drug-likeness (QED) is 0.726. The molecule has 0 aliphatic heterocycles. The molecule has 0 N–H and O–H groups in total. The first kappa shape index (κ1) is 13.4. The largest absolute Gasteiger partial charge is 0.469 e. The summed E-state index contributed by atoms with van der Waals surface area (Å²) in [6, 6.07) is 0. The number of methoxy groups -OCH3 is 1. The molecule has 0 bridgehead atoms. The van der Waals surface area contributed by atoms with Crippen molar-refractivity contribution in [3.05, 3.63) is 0 Å². The van der Waals surface area contributed by atoms with Crippen molar-refractivity contribution in [1.82, 2.24) is 0 Å². The molecule has 4 heteroatoms. The molecule has 102 valence electrons. The molecule has 18 heavy (non-hydrogen) atoms. The maximum absolute atomic E-state index is 12.2. The van der Waals surface area contributed by atoms with Gasteiger partial charge in [0.1, 0.15) is 6.10 Å². The van der Waals surface area contributed by atoms with E-state index in [4.69, 9.17) is 9.47 Å². The fourth-order valence-corrected chi connectivity index (χ4v) is 3.10. The van der Waals surface area contributed by atoms with Gasteiger partial charge in [-0.15, -0.1) is 0 Å². The Hall–Kier alpha value is -1.06. The van der Waals surface area contributed by atoms with Crippen LogP contribution in [0.25, 0.3) is 0 Å². The van der Waals surface area contributed by atoms with Gasteiger partial charge < -0.3 is 9.47 Å². The molecule has 2 rings (SSSR count). The minimum atomic E-state index is -0.294. The second-order valence-corrected chi connectivity index (χ2v) is 5.36. The first-order valence-electron chi connectivity index (χ1n) is 7.00. The molecule has 2 aliphatic rings. The molecule has 2 fully saturated rings. The predicted molar refractivity (Wildman–Crippen MR) is 65.8 cm³/mol. The van der Waals surface area contributed by atoms with Crippen LogP contribution in [-0.2, 0) is 19.1 Å². The van der Waals surface area contributed by atoms with Gasteiger partial charge in [-0.1, -0.05) is 12.8 Å². The van der Waals surface area contributed by atoms with Gasteiger partial charge in [-0.2, -0.15) is 0 Å². The Labute approximate surface area is 108 Å². The lowest BCUT2D eigenvalue weighted by Crippen LogP contribution is -2.35. The summed E-state index contributed by atoms with van der Waals surface area (Å²) in [6.45, 7) is 0. The Balaban J connectivity index is 1.94. The number of carbonyl (C=O) groups is 2. The van der Waals surface area contributed by atoms with E-state index in [1.807, 2.05) is 0 Å². The van der Waals surface area contributed by atoms with Gasteiger partial charge >= 0.3 is 11.9 Å². The van der Waals surface area contributed by atoms with Crippen LogP contribution in [0.5, 0.6) is 0 Å². The van der Waals surface area contributed by atoms with E-state index >= 15 is 0 Å². The monoisotopic (exact) mass is 254 g/mol. The number of hydrogen-bond acceptors (Lipinski definition) is 4. The maximum Gasteiger partial charge on any atom is 0.310 e. The number of rotatable bonds is 3. The summed E-state index contributed by atoms with van der Waals surface area (Å²) in [5.74, 6) is -1.02. The van der Waals surface area contributed by atoms with Crippen molar-refractivity contribution in [2.45, 2.75) is 57.5 Å². The SMILES string of the molecule is COC(=O)C1CCCCC1C(=O)OC1CCCC1. The van der Waals surface area contributed by atoms with Crippen molar-refractivity contribution in [3.63, 3.8) is 0 Å². The summed E-state index contributed by atoms with van der Waals surface area (Å²) in [6.07, 6.45) is 7.81. The molecule has 2 aliphatic carbocycles. The van der Waals surface area contributed by atoms with Gasteiger partial charge in [0.25, 0.3) is 0 Å². The first-order valence-corrected chi connectivity index (χ1v) is 7.00.